The summed E-state index contributed by atoms with van der Waals surface area (Å²) < 4.78 is 0. The number of benzene rings is 1. The highest BCUT2D eigenvalue weighted by molar-refractivity contribution is 5.35. The van der Waals surface area contributed by atoms with E-state index in [1.807, 2.05) is 6.07 Å². The maximum absolute atomic E-state index is 9.90. The Morgan fingerprint density at radius 2 is 2.00 bits per heavy atom. The minimum Gasteiger partial charge on any atom is -0.508 e. The Bertz CT molecular complexity index is 414. The molecule has 2 N–H and O–H groups in total. The van der Waals surface area contributed by atoms with E-state index in [0.717, 1.165) is 23.9 Å². The van der Waals surface area contributed by atoms with Crippen molar-refractivity contribution in [1.82, 2.24) is 5.32 Å². The lowest BCUT2D eigenvalue weighted by Gasteiger charge is -2.35. The van der Waals surface area contributed by atoms with Crippen LogP contribution in [-0.2, 0) is 6.54 Å². The number of phenolic OH excluding ortho intramolecular Hbond substituents is 1. The van der Waals surface area contributed by atoms with Crippen LogP contribution in [-0.4, -0.2) is 11.1 Å². The molecule has 19 heavy (non-hydrogen) atoms. The van der Waals surface area contributed by atoms with Crippen LogP contribution in [0.5, 0.6) is 5.75 Å². The van der Waals surface area contributed by atoms with Gasteiger partial charge < -0.3 is 10.4 Å². The van der Waals surface area contributed by atoms with E-state index in [1.54, 1.807) is 6.07 Å². The lowest BCUT2D eigenvalue weighted by molar-refractivity contribution is 0.204. The smallest absolute Gasteiger partial charge is 0.120 e. The van der Waals surface area contributed by atoms with Crippen molar-refractivity contribution in [1.29, 1.82) is 0 Å². The molecule has 2 rings (SSSR count). The molecule has 1 aliphatic carbocycles. The molecule has 2 atom stereocenters. The molecule has 2 unspecified atom stereocenters. The Labute approximate surface area is 117 Å². The van der Waals surface area contributed by atoms with Gasteiger partial charge in [-0.05, 0) is 37.7 Å². The largest absolute Gasteiger partial charge is 0.508 e. The first kappa shape index (κ1) is 14.4. The fourth-order valence-electron chi connectivity index (χ4n) is 3.31. The summed E-state index contributed by atoms with van der Waals surface area (Å²) in [4.78, 5) is 0. The van der Waals surface area contributed by atoms with Gasteiger partial charge >= 0.3 is 0 Å². The van der Waals surface area contributed by atoms with Crippen LogP contribution >= 0.6 is 0 Å². The number of aryl methyl sites for hydroxylation is 1. The number of hydrogen-bond acceptors (Lipinski definition) is 2. The highest BCUT2D eigenvalue weighted by atomic mass is 16.3. The van der Waals surface area contributed by atoms with Gasteiger partial charge in [0.2, 0.25) is 0 Å². The van der Waals surface area contributed by atoms with E-state index in [-0.39, 0.29) is 0 Å². The summed E-state index contributed by atoms with van der Waals surface area (Å²) >= 11 is 0. The average Bonchev–Trinajstić information content (AvgIpc) is 2.40. The summed E-state index contributed by atoms with van der Waals surface area (Å²) in [7, 11) is 0. The number of aromatic hydroxyl groups is 1. The fraction of sp³-hybridized carbons (Fsp3) is 0.647. The molecule has 1 fully saturated rings. The highest BCUT2D eigenvalue weighted by Crippen LogP contribution is 2.30. The number of hydrogen-bond donors (Lipinski definition) is 2. The first-order valence-electron chi connectivity index (χ1n) is 7.60. The van der Waals surface area contributed by atoms with Crippen LogP contribution in [0.4, 0.5) is 0 Å². The maximum atomic E-state index is 9.90. The van der Waals surface area contributed by atoms with Gasteiger partial charge in [0.15, 0.2) is 0 Å². The molecular formula is C17H27NO. The highest BCUT2D eigenvalue weighted by Gasteiger charge is 2.27. The number of rotatable bonds is 4. The van der Waals surface area contributed by atoms with Crippen LogP contribution in [0, 0.1) is 18.8 Å². The summed E-state index contributed by atoms with van der Waals surface area (Å²) in [6.45, 7) is 7.51. The van der Waals surface area contributed by atoms with Crippen LogP contribution in [0.2, 0.25) is 0 Å². The topological polar surface area (TPSA) is 32.3 Å². The van der Waals surface area contributed by atoms with Crippen molar-refractivity contribution in [2.45, 2.75) is 59.0 Å². The van der Waals surface area contributed by atoms with E-state index in [0.29, 0.717) is 11.8 Å². The maximum Gasteiger partial charge on any atom is 0.120 e. The second kappa shape index (κ2) is 6.42. The standard InChI is InChI=1S/C17H27NO/c1-12(2)15-6-4-5-7-16(15)18-11-14-10-13(3)8-9-17(14)19/h8-10,12,15-16,18-19H,4-7,11H2,1-3H3. The van der Waals surface area contributed by atoms with E-state index in [1.165, 1.54) is 31.2 Å². The molecule has 0 spiro atoms. The van der Waals surface area contributed by atoms with Crippen LogP contribution in [0.3, 0.4) is 0 Å². The van der Waals surface area contributed by atoms with E-state index in [4.69, 9.17) is 0 Å². The van der Waals surface area contributed by atoms with Crippen molar-refractivity contribution in [2.24, 2.45) is 11.8 Å². The van der Waals surface area contributed by atoms with Crippen molar-refractivity contribution in [3.05, 3.63) is 29.3 Å². The molecule has 0 aliphatic heterocycles. The Morgan fingerprint density at radius 1 is 1.26 bits per heavy atom. The number of phenols is 1. The van der Waals surface area contributed by atoms with Crippen molar-refractivity contribution < 1.29 is 5.11 Å². The Kier molecular flexibility index (Phi) is 4.87. The molecule has 2 nitrogen and oxygen atoms in total. The minimum absolute atomic E-state index is 0.412. The molecule has 2 heteroatoms. The van der Waals surface area contributed by atoms with Crippen molar-refractivity contribution in [2.75, 3.05) is 0 Å². The predicted octanol–water partition coefficient (Wildman–Crippen LogP) is 4.01. The molecular weight excluding hydrogens is 234 g/mol. The number of nitrogens with one attached hydrogen (secondary N) is 1. The SMILES string of the molecule is Cc1ccc(O)c(CNC2CCCCC2C(C)C)c1. The zero-order chi connectivity index (χ0) is 13.8. The summed E-state index contributed by atoms with van der Waals surface area (Å²) in [5.74, 6) is 1.93. The molecule has 106 valence electrons. The molecule has 1 saturated carbocycles. The predicted molar refractivity (Wildman–Crippen MR) is 80.3 cm³/mol. The fourth-order valence-corrected chi connectivity index (χ4v) is 3.31. The van der Waals surface area contributed by atoms with Crippen LogP contribution < -0.4 is 5.32 Å². The third-order valence-electron chi connectivity index (χ3n) is 4.47. The van der Waals surface area contributed by atoms with E-state index in [2.05, 4.69) is 32.2 Å². The van der Waals surface area contributed by atoms with Gasteiger partial charge in [0, 0.05) is 18.2 Å². The second-order valence-electron chi connectivity index (χ2n) is 6.31. The first-order valence-corrected chi connectivity index (χ1v) is 7.60. The Hall–Kier alpha value is -1.02. The molecule has 0 bridgehead atoms. The van der Waals surface area contributed by atoms with Gasteiger partial charge in [-0.1, -0.05) is 44.4 Å². The van der Waals surface area contributed by atoms with Gasteiger partial charge in [0.25, 0.3) is 0 Å². The molecule has 0 heterocycles. The molecule has 0 saturated heterocycles. The molecule has 1 aliphatic rings. The third-order valence-corrected chi connectivity index (χ3v) is 4.47. The third kappa shape index (κ3) is 3.73. The molecule has 1 aromatic rings. The van der Waals surface area contributed by atoms with Crippen LogP contribution in [0.25, 0.3) is 0 Å². The molecule has 1 aromatic carbocycles. The Balaban J connectivity index is 1.98. The quantitative estimate of drug-likeness (QED) is 0.858. The zero-order valence-corrected chi connectivity index (χ0v) is 12.4. The van der Waals surface area contributed by atoms with Crippen molar-refractivity contribution in [3.63, 3.8) is 0 Å². The normalized spacial score (nSPS) is 23.8. The first-order chi connectivity index (χ1) is 9.08. The van der Waals surface area contributed by atoms with Gasteiger partial charge in [0.05, 0.1) is 0 Å². The minimum atomic E-state index is 0.412. The van der Waals surface area contributed by atoms with E-state index in [9.17, 15) is 5.11 Å². The van der Waals surface area contributed by atoms with E-state index < -0.39 is 0 Å². The van der Waals surface area contributed by atoms with Gasteiger partial charge in [-0.25, -0.2) is 0 Å². The lowest BCUT2D eigenvalue weighted by Crippen LogP contribution is -2.40. The van der Waals surface area contributed by atoms with Crippen LogP contribution in [0.1, 0.15) is 50.7 Å². The van der Waals surface area contributed by atoms with Gasteiger partial charge in [-0.2, -0.15) is 0 Å². The summed E-state index contributed by atoms with van der Waals surface area (Å²) in [5.41, 5.74) is 2.23. The lowest BCUT2D eigenvalue weighted by atomic mass is 9.78. The zero-order valence-electron chi connectivity index (χ0n) is 12.4. The summed E-state index contributed by atoms with van der Waals surface area (Å²) in [6.07, 6.45) is 5.32. The van der Waals surface area contributed by atoms with Gasteiger partial charge in [0.1, 0.15) is 5.75 Å². The molecule has 0 aromatic heterocycles. The van der Waals surface area contributed by atoms with Gasteiger partial charge in [-0.15, -0.1) is 0 Å². The molecule has 0 radical (unpaired) electrons. The van der Waals surface area contributed by atoms with Crippen LogP contribution in [0.15, 0.2) is 18.2 Å². The monoisotopic (exact) mass is 261 g/mol. The summed E-state index contributed by atoms with van der Waals surface area (Å²) in [5, 5.41) is 13.6. The van der Waals surface area contributed by atoms with Gasteiger partial charge in [-0.3, -0.25) is 0 Å². The van der Waals surface area contributed by atoms with Crippen molar-refractivity contribution >= 4 is 0 Å². The Morgan fingerprint density at radius 3 is 2.74 bits per heavy atom. The average molecular weight is 261 g/mol. The summed E-state index contributed by atoms with van der Waals surface area (Å²) in [6, 6.07) is 6.44. The van der Waals surface area contributed by atoms with Crippen molar-refractivity contribution in [3.8, 4) is 5.75 Å². The molecule has 0 amide bonds. The second-order valence-corrected chi connectivity index (χ2v) is 6.31. The van der Waals surface area contributed by atoms with E-state index >= 15 is 0 Å².